The number of nitrogens with zero attached hydrogens (tertiary/aromatic N) is 1. The van der Waals surface area contributed by atoms with Gasteiger partial charge < -0.3 is 0 Å². The minimum atomic E-state index is -4.19. The number of hydrogen-bond donors (Lipinski definition) is 0. The topological polar surface area (TPSA) is 12.9 Å². The summed E-state index contributed by atoms with van der Waals surface area (Å²) in [5.41, 5.74) is 0.224. The first-order valence-corrected chi connectivity index (χ1v) is 4.93. The molecule has 5 heteroatoms. The largest absolute Gasteiger partial charge is 0.393 e. The Bertz CT molecular complexity index is 522. The van der Waals surface area contributed by atoms with Crippen molar-refractivity contribution in [3.63, 3.8) is 0 Å². The molecule has 0 atom stereocenters. The Labute approximate surface area is 94.9 Å². The van der Waals surface area contributed by atoms with Crippen LogP contribution in [0.5, 0.6) is 0 Å². The van der Waals surface area contributed by atoms with Crippen LogP contribution in [0.1, 0.15) is 5.56 Å². The van der Waals surface area contributed by atoms with Gasteiger partial charge in [-0.15, -0.1) is 0 Å². The summed E-state index contributed by atoms with van der Waals surface area (Å²) < 4.78 is 36.5. The van der Waals surface area contributed by atoms with E-state index in [9.17, 15) is 13.2 Å². The van der Waals surface area contributed by atoms with E-state index >= 15 is 0 Å². The maximum absolute atomic E-state index is 12.2. The SMILES string of the molecule is FC(F)(F)Cc1ccc2cnc(Cl)cc2c1. The van der Waals surface area contributed by atoms with Gasteiger partial charge in [0.15, 0.2) is 0 Å². The molecule has 0 aliphatic carbocycles. The van der Waals surface area contributed by atoms with E-state index in [0.717, 1.165) is 5.39 Å². The Morgan fingerprint density at radius 3 is 2.56 bits per heavy atom. The molecule has 0 amide bonds. The van der Waals surface area contributed by atoms with Crippen molar-refractivity contribution in [2.24, 2.45) is 0 Å². The molecule has 0 spiro atoms. The second-order valence-electron chi connectivity index (χ2n) is 3.48. The van der Waals surface area contributed by atoms with E-state index < -0.39 is 12.6 Å². The van der Waals surface area contributed by atoms with Crippen LogP contribution in [0.15, 0.2) is 30.5 Å². The fraction of sp³-hybridized carbons (Fsp3) is 0.182. The van der Waals surface area contributed by atoms with Crippen LogP contribution in [0.25, 0.3) is 10.8 Å². The molecule has 16 heavy (non-hydrogen) atoms. The molecular weight excluding hydrogens is 239 g/mol. The van der Waals surface area contributed by atoms with Gasteiger partial charge in [-0.25, -0.2) is 4.98 Å². The van der Waals surface area contributed by atoms with Crippen molar-refractivity contribution in [3.05, 3.63) is 41.2 Å². The zero-order valence-electron chi connectivity index (χ0n) is 8.05. The predicted molar refractivity (Wildman–Crippen MR) is 56.5 cm³/mol. The van der Waals surface area contributed by atoms with Gasteiger partial charge in [-0.3, -0.25) is 0 Å². The third kappa shape index (κ3) is 2.64. The first-order valence-electron chi connectivity index (χ1n) is 4.55. The zero-order valence-corrected chi connectivity index (χ0v) is 8.81. The van der Waals surface area contributed by atoms with Crippen molar-refractivity contribution in [3.8, 4) is 0 Å². The van der Waals surface area contributed by atoms with Gasteiger partial charge in [0.2, 0.25) is 0 Å². The fourth-order valence-corrected chi connectivity index (χ4v) is 1.67. The first kappa shape index (κ1) is 11.2. The Balaban J connectivity index is 2.43. The Kier molecular flexibility index (Phi) is 2.76. The average molecular weight is 246 g/mol. The number of halogens is 4. The Morgan fingerprint density at radius 1 is 1.12 bits per heavy atom. The lowest BCUT2D eigenvalue weighted by Crippen LogP contribution is -2.11. The van der Waals surface area contributed by atoms with Gasteiger partial charge >= 0.3 is 6.18 Å². The summed E-state index contributed by atoms with van der Waals surface area (Å²) >= 11 is 5.67. The third-order valence-electron chi connectivity index (χ3n) is 2.16. The van der Waals surface area contributed by atoms with Crippen LogP contribution < -0.4 is 0 Å². The molecule has 84 valence electrons. The number of aromatic nitrogens is 1. The third-order valence-corrected chi connectivity index (χ3v) is 2.36. The molecule has 0 radical (unpaired) electrons. The van der Waals surface area contributed by atoms with Gasteiger partial charge in [0.05, 0.1) is 6.42 Å². The van der Waals surface area contributed by atoms with Crippen molar-refractivity contribution in [1.82, 2.24) is 4.98 Å². The predicted octanol–water partition coefficient (Wildman–Crippen LogP) is 3.99. The molecule has 2 aromatic rings. The van der Waals surface area contributed by atoms with E-state index in [0.29, 0.717) is 5.39 Å². The summed E-state index contributed by atoms with van der Waals surface area (Å²) in [6.07, 6.45) is -3.58. The van der Waals surface area contributed by atoms with Crippen molar-refractivity contribution in [2.45, 2.75) is 12.6 Å². The lowest BCUT2D eigenvalue weighted by Gasteiger charge is -2.07. The van der Waals surface area contributed by atoms with Gasteiger partial charge in [0.1, 0.15) is 5.15 Å². The Morgan fingerprint density at radius 2 is 1.88 bits per heavy atom. The molecule has 0 unspecified atom stereocenters. The van der Waals surface area contributed by atoms with Gasteiger partial charge in [-0.05, 0) is 17.0 Å². The highest BCUT2D eigenvalue weighted by atomic mass is 35.5. The van der Waals surface area contributed by atoms with E-state index in [2.05, 4.69) is 4.98 Å². The summed E-state index contributed by atoms with van der Waals surface area (Å²) in [5, 5.41) is 1.72. The lowest BCUT2D eigenvalue weighted by atomic mass is 10.1. The molecule has 2 rings (SSSR count). The fourth-order valence-electron chi connectivity index (χ4n) is 1.50. The number of fused-ring (bicyclic) bond motifs is 1. The van der Waals surface area contributed by atoms with Crippen LogP contribution in [0.3, 0.4) is 0 Å². The van der Waals surface area contributed by atoms with Crippen molar-refractivity contribution in [2.75, 3.05) is 0 Å². The first-order chi connectivity index (χ1) is 7.44. The normalized spacial score (nSPS) is 12.0. The van der Waals surface area contributed by atoms with Gasteiger partial charge in [0, 0.05) is 11.6 Å². The van der Waals surface area contributed by atoms with E-state index in [-0.39, 0.29) is 10.7 Å². The van der Waals surface area contributed by atoms with Gasteiger partial charge in [-0.1, -0.05) is 29.8 Å². The maximum atomic E-state index is 12.2. The van der Waals surface area contributed by atoms with Crippen LogP contribution in [-0.4, -0.2) is 11.2 Å². The zero-order chi connectivity index (χ0) is 11.8. The summed E-state index contributed by atoms with van der Waals surface area (Å²) in [5.74, 6) is 0. The minimum Gasteiger partial charge on any atom is -0.244 e. The second-order valence-corrected chi connectivity index (χ2v) is 3.87. The molecule has 0 N–H and O–H groups in total. The molecule has 0 aliphatic heterocycles. The van der Waals surface area contributed by atoms with E-state index in [1.165, 1.54) is 18.3 Å². The highest BCUT2D eigenvalue weighted by molar-refractivity contribution is 6.30. The highest BCUT2D eigenvalue weighted by Gasteiger charge is 2.27. The molecule has 0 aliphatic rings. The average Bonchev–Trinajstić information content (AvgIpc) is 2.14. The number of alkyl halides is 3. The molecular formula is C11H7ClF3N. The molecule has 0 saturated heterocycles. The Hall–Kier alpha value is -1.29. The minimum absolute atomic E-state index is 0.224. The molecule has 1 aromatic heterocycles. The molecule has 1 heterocycles. The highest BCUT2D eigenvalue weighted by Crippen LogP contribution is 2.24. The van der Waals surface area contributed by atoms with Crippen molar-refractivity contribution in [1.29, 1.82) is 0 Å². The van der Waals surface area contributed by atoms with Crippen LogP contribution >= 0.6 is 11.6 Å². The summed E-state index contributed by atoms with van der Waals surface area (Å²) in [6.45, 7) is 0. The lowest BCUT2D eigenvalue weighted by molar-refractivity contribution is -0.127. The summed E-state index contributed by atoms with van der Waals surface area (Å²) in [4.78, 5) is 3.85. The number of hydrogen-bond acceptors (Lipinski definition) is 1. The van der Waals surface area contributed by atoms with Crippen LogP contribution in [0.4, 0.5) is 13.2 Å². The maximum Gasteiger partial charge on any atom is 0.393 e. The van der Waals surface area contributed by atoms with Crippen molar-refractivity contribution >= 4 is 22.4 Å². The van der Waals surface area contributed by atoms with Crippen LogP contribution in [-0.2, 0) is 6.42 Å². The van der Waals surface area contributed by atoms with Gasteiger partial charge in [-0.2, -0.15) is 13.2 Å². The summed E-state index contributed by atoms with van der Waals surface area (Å²) in [6, 6.07) is 6.10. The van der Waals surface area contributed by atoms with E-state index in [1.807, 2.05) is 0 Å². The summed E-state index contributed by atoms with van der Waals surface area (Å²) in [7, 11) is 0. The van der Waals surface area contributed by atoms with Crippen LogP contribution in [0.2, 0.25) is 5.15 Å². The number of rotatable bonds is 1. The quantitative estimate of drug-likeness (QED) is 0.692. The van der Waals surface area contributed by atoms with Gasteiger partial charge in [0.25, 0.3) is 0 Å². The smallest absolute Gasteiger partial charge is 0.244 e. The van der Waals surface area contributed by atoms with E-state index in [4.69, 9.17) is 11.6 Å². The molecule has 0 fully saturated rings. The molecule has 0 saturated carbocycles. The standard InChI is InChI=1S/C11H7ClF3N/c12-10-4-9-3-7(5-11(13,14)15)1-2-8(9)6-16-10/h1-4,6H,5H2. The molecule has 1 aromatic carbocycles. The molecule has 1 nitrogen and oxygen atoms in total. The molecule has 0 bridgehead atoms. The number of benzene rings is 1. The number of pyridine rings is 1. The monoisotopic (exact) mass is 245 g/mol. The second kappa shape index (κ2) is 3.94. The van der Waals surface area contributed by atoms with Crippen LogP contribution in [0, 0.1) is 0 Å². The van der Waals surface area contributed by atoms with Crippen molar-refractivity contribution < 1.29 is 13.2 Å². The van der Waals surface area contributed by atoms with E-state index in [1.54, 1.807) is 12.1 Å².